The number of halogens is 1. The normalized spacial score (nSPS) is 11.7. The summed E-state index contributed by atoms with van der Waals surface area (Å²) in [5.41, 5.74) is 0.0924. The van der Waals surface area contributed by atoms with E-state index in [1.807, 2.05) is 0 Å². The number of benzene rings is 2. The van der Waals surface area contributed by atoms with Gasteiger partial charge >= 0.3 is 5.97 Å². The molecule has 1 amide bonds. The molecule has 0 saturated carbocycles. The molecule has 2 aromatic carbocycles. The minimum Gasteiger partial charge on any atom is -0.452 e. The van der Waals surface area contributed by atoms with Crippen molar-refractivity contribution in [2.45, 2.75) is 31.2 Å². The Morgan fingerprint density at radius 1 is 1.00 bits per heavy atom. The van der Waals surface area contributed by atoms with Gasteiger partial charge in [0.05, 0.1) is 10.5 Å². The molecule has 0 aliphatic heterocycles. The monoisotopic (exact) mass is 468 g/mol. The summed E-state index contributed by atoms with van der Waals surface area (Å²) in [6.45, 7) is 4.74. The zero-order valence-corrected chi connectivity index (χ0v) is 18.1. The lowest BCUT2D eigenvalue weighted by Crippen LogP contribution is -2.40. The number of rotatable bonds is 6. The second-order valence-electron chi connectivity index (χ2n) is 7.01. The molecule has 0 aliphatic carbocycles. The Labute approximate surface area is 172 Å². The van der Waals surface area contributed by atoms with E-state index in [1.165, 1.54) is 24.3 Å². The number of hydrogen-bond acceptors (Lipinski definition) is 5. The molecule has 150 valence electrons. The molecule has 0 bridgehead atoms. The molecule has 9 heteroatoms. The minimum atomic E-state index is -3.69. The molecular formula is C19H21BrN2O5S. The summed E-state index contributed by atoms with van der Waals surface area (Å²) in [6.07, 6.45) is 0. The molecule has 2 aromatic rings. The van der Waals surface area contributed by atoms with E-state index < -0.39 is 34.0 Å². The molecule has 0 saturated heterocycles. The zero-order chi connectivity index (χ0) is 20.9. The SMILES string of the molecule is CC(C)(C)NS(=O)(=O)c1ccc(C(=O)OCC(=O)Nc2ccc(Br)cc2)cc1. The number of ether oxygens (including phenoxy) is 1. The summed E-state index contributed by atoms with van der Waals surface area (Å²) in [4.78, 5) is 24.0. The number of hydrogen-bond donors (Lipinski definition) is 2. The highest BCUT2D eigenvalue weighted by Crippen LogP contribution is 2.15. The van der Waals surface area contributed by atoms with E-state index in [9.17, 15) is 18.0 Å². The maximum absolute atomic E-state index is 12.3. The van der Waals surface area contributed by atoms with Gasteiger partial charge in [-0.05, 0) is 69.3 Å². The number of carbonyl (C=O) groups excluding carboxylic acids is 2. The van der Waals surface area contributed by atoms with Gasteiger partial charge in [-0.2, -0.15) is 0 Å². The molecule has 0 spiro atoms. The van der Waals surface area contributed by atoms with Crippen LogP contribution in [0.3, 0.4) is 0 Å². The van der Waals surface area contributed by atoms with Gasteiger partial charge in [0.2, 0.25) is 10.0 Å². The van der Waals surface area contributed by atoms with Crippen molar-refractivity contribution in [3.05, 3.63) is 58.6 Å². The molecule has 7 nitrogen and oxygen atoms in total. The van der Waals surface area contributed by atoms with Crippen LogP contribution in [0.5, 0.6) is 0 Å². The van der Waals surface area contributed by atoms with Crippen molar-refractivity contribution >= 4 is 43.5 Å². The molecule has 28 heavy (non-hydrogen) atoms. The lowest BCUT2D eigenvalue weighted by atomic mass is 10.1. The van der Waals surface area contributed by atoms with Crippen LogP contribution in [0.4, 0.5) is 5.69 Å². The first kappa shape index (κ1) is 22.1. The molecular weight excluding hydrogens is 448 g/mol. The van der Waals surface area contributed by atoms with E-state index in [1.54, 1.807) is 45.0 Å². The highest BCUT2D eigenvalue weighted by molar-refractivity contribution is 9.10. The van der Waals surface area contributed by atoms with Crippen molar-refractivity contribution in [3.8, 4) is 0 Å². The molecule has 0 atom stereocenters. The summed E-state index contributed by atoms with van der Waals surface area (Å²) in [7, 11) is -3.69. The maximum Gasteiger partial charge on any atom is 0.338 e. The Balaban J connectivity index is 1.94. The Morgan fingerprint density at radius 2 is 1.57 bits per heavy atom. The van der Waals surface area contributed by atoms with Crippen LogP contribution in [-0.4, -0.2) is 32.4 Å². The molecule has 0 unspecified atom stereocenters. The van der Waals surface area contributed by atoms with E-state index in [0.29, 0.717) is 5.69 Å². The summed E-state index contributed by atoms with van der Waals surface area (Å²) < 4.78 is 32.9. The minimum absolute atomic E-state index is 0.0342. The first-order valence-corrected chi connectivity index (χ1v) is 10.6. The summed E-state index contributed by atoms with van der Waals surface area (Å²) in [5.74, 6) is -1.21. The lowest BCUT2D eigenvalue weighted by Gasteiger charge is -2.20. The van der Waals surface area contributed by atoms with Gasteiger partial charge in [0.25, 0.3) is 5.91 Å². The smallest absolute Gasteiger partial charge is 0.338 e. The largest absolute Gasteiger partial charge is 0.452 e. The Hall–Kier alpha value is -2.23. The van der Waals surface area contributed by atoms with Crippen LogP contribution in [0.15, 0.2) is 57.9 Å². The summed E-state index contributed by atoms with van der Waals surface area (Å²) in [5, 5.41) is 2.60. The average molecular weight is 469 g/mol. The van der Waals surface area contributed by atoms with Gasteiger partial charge in [0.15, 0.2) is 6.61 Å². The molecule has 2 rings (SSSR count). The topological polar surface area (TPSA) is 102 Å². The summed E-state index contributed by atoms with van der Waals surface area (Å²) >= 11 is 3.30. The molecule has 0 aliphatic rings. The lowest BCUT2D eigenvalue weighted by molar-refractivity contribution is -0.119. The van der Waals surface area contributed by atoms with Crippen molar-refractivity contribution in [2.75, 3.05) is 11.9 Å². The molecule has 0 radical (unpaired) electrons. The number of nitrogens with one attached hydrogen (secondary N) is 2. The highest BCUT2D eigenvalue weighted by Gasteiger charge is 2.22. The second kappa shape index (κ2) is 8.85. The van der Waals surface area contributed by atoms with Crippen molar-refractivity contribution in [1.29, 1.82) is 0 Å². The van der Waals surface area contributed by atoms with Gasteiger partial charge in [0, 0.05) is 15.7 Å². The predicted molar refractivity (Wildman–Crippen MR) is 110 cm³/mol. The Bertz CT molecular complexity index is 949. The molecule has 0 fully saturated rings. The Morgan fingerprint density at radius 3 is 2.11 bits per heavy atom. The Kier molecular flexibility index (Phi) is 6.97. The zero-order valence-electron chi connectivity index (χ0n) is 15.7. The van der Waals surface area contributed by atoms with Gasteiger partial charge in [-0.15, -0.1) is 0 Å². The van der Waals surface area contributed by atoms with Crippen molar-refractivity contribution in [1.82, 2.24) is 4.72 Å². The average Bonchev–Trinajstić information content (AvgIpc) is 2.60. The van der Waals surface area contributed by atoms with Crippen molar-refractivity contribution in [2.24, 2.45) is 0 Å². The van der Waals surface area contributed by atoms with Crippen LogP contribution in [0.2, 0.25) is 0 Å². The van der Waals surface area contributed by atoms with Gasteiger partial charge in [0.1, 0.15) is 0 Å². The van der Waals surface area contributed by atoms with Crippen LogP contribution in [0.1, 0.15) is 31.1 Å². The fourth-order valence-electron chi connectivity index (χ4n) is 2.18. The number of anilines is 1. The van der Waals surface area contributed by atoms with E-state index in [2.05, 4.69) is 26.0 Å². The first-order chi connectivity index (χ1) is 13.0. The van der Waals surface area contributed by atoms with E-state index in [-0.39, 0.29) is 10.5 Å². The fourth-order valence-corrected chi connectivity index (χ4v) is 3.86. The molecule has 0 heterocycles. The molecule has 0 aromatic heterocycles. The number of amides is 1. The van der Waals surface area contributed by atoms with Crippen LogP contribution in [-0.2, 0) is 19.6 Å². The predicted octanol–water partition coefficient (Wildman–Crippen LogP) is 3.32. The van der Waals surface area contributed by atoms with Crippen molar-refractivity contribution in [3.63, 3.8) is 0 Å². The number of carbonyl (C=O) groups is 2. The quantitative estimate of drug-likeness (QED) is 0.633. The standard InChI is InChI=1S/C19H21BrN2O5S/c1-19(2,3)22-28(25,26)16-10-4-13(5-11-16)18(24)27-12-17(23)21-15-8-6-14(20)7-9-15/h4-11,22H,12H2,1-3H3,(H,21,23). The van der Waals surface area contributed by atoms with Gasteiger partial charge in [-0.1, -0.05) is 15.9 Å². The van der Waals surface area contributed by atoms with E-state index in [4.69, 9.17) is 4.74 Å². The highest BCUT2D eigenvalue weighted by atomic mass is 79.9. The number of sulfonamides is 1. The van der Waals surface area contributed by atoms with Gasteiger partial charge in [-0.3, -0.25) is 4.79 Å². The van der Waals surface area contributed by atoms with E-state index in [0.717, 1.165) is 4.47 Å². The third kappa shape index (κ3) is 6.74. The maximum atomic E-state index is 12.3. The van der Waals surface area contributed by atoms with Crippen LogP contribution in [0, 0.1) is 0 Å². The third-order valence-corrected chi connectivity index (χ3v) is 5.61. The van der Waals surface area contributed by atoms with Crippen LogP contribution < -0.4 is 10.0 Å². The van der Waals surface area contributed by atoms with E-state index >= 15 is 0 Å². The van der Waals surface area contributed by atoms with Crippen LogP contribution in [0.25, 0.3) is 0 Å². The second-order valence-corrected chi connectivity index (χ2v) is 9.61. The van der Waals surface area contributed by atoms with Crippen molar-refractivity contribution < 1.29 is 22.7 Å². The third-order valence-electron chi connectivity index (χ3n) is 3.30. The fraction of sp³-hybridized carbons (Fsp3) is 0.263. The van der Waals surface area contributed by atoms with Gasteiger partial charge < -0.3 is 10.1 Å². The van der Waals surface area contributed by atoms with Gasteiger partial charge in [-0.25, -0.2) is 17.9 Å². The van der Waals surface area contributed by atoms with Crippen LogP contribution >= 0.6 is 15.9 Å². The number of esters is 1. The first-order valence-electron chi connectivity index (χ1n) is 8.33. The molecule has 2 N–H and O–H groups in total. The summed E-state index contributed by atoms with van der Waals surface area (Å²) in [6, 6.07) is 12.2.